The first-order valence-corrected chi connectivity index (χ1v) is 8.85. The molecule has 0 radical (unpaired) electrons. The highest BCUT2D eigenvalue weighted by Crippen LogP contribution is 2.12. The molecule has 2 amide bonds. The summed E-state index contributed by atoms with van der Waals surface area (Å²) >= 11 is 0. The second kappa shape index (κ2) is 9.30. The highest BCUT2D eigenvalue weighted by molar-refractivity contribution is 5.77. The van der Waals surface area contributed by atoms with Gasteiger partial charge in [-0.15, -0.1) is 0 Å². The molecule has 0 aromatic heterocycles. The second-order valence-electron chi connectivity index (χ2n) is 6.23. The summed E-state index contributed by atoms with van der Waals surface area (Å²) in [6.45, 7) is 7.26. The van der Waals surface area contributed by atoms with Crippen molar-refractivity contribution in [3.63, 3.8) is 0 Å². The number of ether oxygens (including phenoxy) is 1. The lowest BCUT2D eigenvalue weighted by atomic mass is 10.2. The van der Waals surface area contributed by atoms with Crippen molar-refractivity contribution >= 4 is 11.8 Å². The Balaban J connectivity index is 1.68. The third kappa shape index (κ3) is 5.55. The summed E-state index contributed by atoms with van der Waals surface area (Å²) in [5.74, 6) is 1.18. The molecule has 0 spiro atoms. The van der Waals surface area contributed by atoms with Gasteiger partial charge in [0.2, 0.25) is 11.8 Å². The fraction of sp³-hybridized carbons (Fsp3) is 0.579. The van der Waals surface area contributed by atoms with Crippen molar-refractivity contribution in [3.05, 3.63) is 29.8 Å². The fourth-order valence-corrected chi connectivity index (χ4v) is 2.85. The first kappa shape index (κ1) is 18.3. The minimum absolute atomic E-state index is 0.160. The Morgan fingerprint density at radius 1 is 1.00 bits per heavy atom. The van der Waals surface area contributed by atoms with Gasteiger partial charge in [-0.2, -0.15) is 0 Å². The Morgan fingerprint density at radius 3 is 2.25 bits per heavy atom. The lowest BCUT2D eigenvalue weighted by Crippen LogP contribution is -2.37. The summed E-state index contributed by atoms with van der Waals surface area (Å²) in [5.41, 5.74) is 1.20. The molecule has 1 aliphatic heterocycles. The quantitative estimate of drug-likeness (QED) is 0.753. The molecule has 24 heavy (non-hydrogen) atoms. The van der Waals surface area contributed by atoms with Gasteiger partial charge in [-0.3, -0.25) is 9.59 Å². The van der Waals surface area contributed by atoms with Gasteiger partial charge in [-0.25, -0.2) is 0 Å². The lowest BCUT2D eigenvalue weighted by Gasteiger charge is -2.22. The van der Waals surface area contributed by atoms with E-state index >= 15 is 0 Å². The van der Waals surface area contributed by atoms with Crippen LogP contribution in [0.2, 0.25) is 0 Å². The normalized spacial score (nSPS) is 15.1. The van der Waals surface area contributed by atoms with Crippen molar-refractivity contribution < 1.29 is 14.3 Å². The maximum Gasteiger partial charge on any atom is 0.222 e. The Labute approximate surface area is 144 Å². The topological polar surface area (TPSA) is 49.9 Å². The van der Waals surface area contributed by atoms with Crippen molar-refractivity contribution in [3.8, 4) is 5.75 Å². The fourth-order valence-electron chi connectivity index (χ4n) is 2.85. The zero-order chi connectivity index (χ0) is 17.4. The molecule has 5 nitrogen and oxygen atoms in total. The van der Waals surface area contributed by atoms with Crippen molar-refractivity contribution in [2.45, 2.75) is 39.5 Å². The van der Waals surface area contributed by atoms with Gasteiger partial charge >= 0.3 is 0 Å². The van der Waals surface area contributed by atoms with Gasteiger partial charge in [-0.05, 0) is 31.9 Å². The van der Waals surface area contributed by atoms with E-state index in [-0.39, 0.29) is 11.8 Å². The molecule has 0 atom stereocenters. The van der Waals surface area contributed by atoms with Crippen LogP contribution in [0.5, 0.6) is 5.75 Å². The highest BCUT2D eigenvalue weighted by atomic mass is 16.5. The summed E-state index contributed by atoms with van der Waals surface area (Å²) in [6.07, 6.45) is 2.59. The summed E-state index contributed by atoms with van der Waals surface area (Å²) in [4.78, 5) is 27.8. The lowest BCUT2D eigenvalue weighted by molar-refractivity contribution is -0.133. The zero-order valence-electron chi connectivity index (χ0n) is 14.8. The monoisotopic (exact) mass is 332 g/mol. The van der Waals surface area contributed by atoms with Crippen LogP contribution in [0.1, 0.15) is 38.2 Å². The number of amides is 2. The average molecular weight is 332 g/mol. The van der Waals surface area contributed by atoms with Gasteiger partial charge in [0, 0.05) is 39.0 Å². The van der Waals surface area contributed by atoms with E-state index in [1.807, 2.05) is 47.9 Å². The number of hydrogen-bond donors (Lipinski definition) is 0. The third-order valence-electron chi connectivity index (χ3n) is 4.33. The standard InChI is InChI=1S/C19H28N2O3/c1-3-18(22)20-11-5-12-21(14-13-20)19(23)6-4-15-24-17-9-7-16(2)8-10-17/h7-10H,3-6,11-15H2,1-2H3. The summed E-state index contributed by atoms with van der Waals surface area (Å²) in [6, 6.07) is 7.93. The van der Waals surface area contributed by atoms with E-state index in [0.29, 0.717) is 39.0 Å². The molecule has 1 heterocycles. The van der Waals surface area contributed by atoms with Crippen molar-refractivity contribution in [1.29, 1.82) is 0 Å². The van der Waals surface area contributed by atoms with E-state index in [4.69, 9.17) is 4.74 Å². The predicted molar refractivity (Wildman–Crippen MR) is 94.0 cm³/mol. The molecule has 2 rings (SSSR count). The zero-order valence-corrected chi connectivity index (χ0v) is 14.8. The van der Waals surface area contributed by atoms with Crippen LogP contribution in [0.25, 0.3) is 0 Å². The molecule has 1 fully saturated rings. The molecule has 0 unspecified atom stereocenters. The first-order chi connectivity index (χ1) is 11.6. The Kier molecular flexibility index (Phi) is 7.09. The van der Waals surface area contributed by atoms with Gasteiger partial charge < -0.3 is 14.5 Å². The van der Waals surface area contributed by atoms with Crippen LogP contribution in [0.3, 0.4) is 0 Å². The van der Waals surface area contributed by atoms with E-state index in [2.05, 4.69) is 0 Å². The molecule has 1 saturated heterocycles. The highest BCUT2D eigenvalue weighted by Gasteiger charge is 2.20. The minimum atomic E-state index is 0.160. The predicted octanol–water partition coefficient (Wildman–Crippen LogP) is 2.62. The molecule has 1 aliphatic rings. The van der Waals surface area contributed by atoms with Gasteiger partial charge in [0.1, 0.15) is 5.75 Å². The average Bonchev–Trinajstić information content (AvgIpc) is 2.85. The molecule has 0 saturated carbocycles. The maximum absolute atomic E-state index is 12.3. The Hall–Kier alpha value is -2.04. The molecule has 0 bridgehead atoms. The SMILES string of the molecule is CCC(=O)N1CCCN(C(=O)CCCOc2ccc(C)cc2)CC1. The minimum Gasteiger partial charge on any atom is -0.494 e. The van der Waals surface area contributed by atoms with Crippen LogP contribution < -0.4 is 4.74 Å². The smallest absolute Gasteiger partial charge is 0.222 e. The van der Waals surface area contributed by atoms with Gasteiger partial charge in [0.15, 0.2) is 0 Å². The van der Waals surface area contributed by atoms with E-state index < -0.39 is 0 Å². The number of nitrogens with zero attached hydrogens (tertiary/aromatic N) is 2. The van der Waals surface area contributed by atoms with Crippen molar-refractivity contribution in [2.75, 3.05) is 32.8 Å². The largest absolute Gasteiger partial charge is 0.494 e. The third-order valence-corrected chi connectivity index (χ3v) is 4.33. The van der Waals surface area contributed by atoms with E-state index in [9.17, 15) is 9.59 Å². The van der Waals surface area contributed by atoms with Crippen LogP contribution in [-0.2, 0) is 9.59 Å². The van der Waals surface area contributed by atoms with Gasteiger partial charge in [0.05, 0.1) is 6.61 Å². The van der Waals surface area contributed by atoms with E-state index in [1.165, 1.54) is 5.56 Å². The molecule has 5 heteroatoms. The van der Waals surface area contributed by atoms with E-state index in [0.717, 1.165) is 25.3 Å². The molecule has 132 valence electrons. The molecular weight excluding hydrogens is 304 g/mol. The number of carbonyl (C=O) groups excluding carboxylic acids is 2. The number of benzene rings is 1. The molecule has 1 aromatic rings. The second-order valence-corrected chi connectivity index (χ2v) is 6.23. The first-order valence-electron chi connectivity index (χ1n) is 8.85. The van der Waals surface area contributed by atoms with Gasteiger partial charge in [-0.1, -0.05) is 24.6 Å². The Bertz CT molecular complexity index is 542. The summed E-state index contributed by atoms with van der Waals surface area (Å²) in [5, 5.41) is 0. The van der Waals surface area contributed by atoms with Crippen LogP contribution >= 0.6 is 0 Å². The number of hydrogen-bond acceptors (Lipinski definition) is 3. The van der Waals surface area contributed by atoms with Crippen LogP contribution in [0.15, 0.2) is 24.3 Å². The van der Waals surface area contributed by atoms with Crippen LogP contribution in [0, 0.1) is 6.92 Å². The number of rotatable bonds is 6. The van der Waals surface area contributed by atoms with Crippen LogP contribution in [0.4, 0.5) is 0 Å². The molecular formula is C19H28N2O3. The maximum atomic E-state index is 12.3. The molecule has 0 aliphatic carbocycles. The van der Waals surface area contributed by atoms with Crippen LogP contribution in [-0.4, -0.2) is 54.4 Å². The summed E-state index contributed by atoms with van der Waals surface area (Å²) < 4.78 is 5.66. The van der Waals surface area contributed by atoms with Crippen molar-refractivity contribution in [1.82, 2.24) is 9.80 Å². The van der Waals surface area contributed by atoms with Crippen molar-refractivity contribution in [2.24, 2.45) is 0 Å². The Morgan fingerprint density at radius 2 is 1.62 bits per heavy atom. The summed E-state index contributed by atoms with van der Waals surface area (Å²) in [7, 11) is 0. The number of carbonyl (C=O) groups is 2. The number of aryl methyl sites for hydroxylation is 1. The molecule has 0 N–H and O–H groups in total. The molecule has 1 aromatic carbocycles. The van der Waals surface area contributed by atoms with E-state index in [1.54, 1.807) is 0 Å². The van der Waals surface area contributed by atoms with Gasteiger partial charge in [0.25, 0.3) is 0 Å².